The Kier molecular flexibility index (Phi) is 6.39. The minimum absolute atomic E-state index is 0.434. The highest BCUT2D eigenvalue weighted by atomic mass is 19.4. The largest absolute Gasteiger partial charge is 0.416 e. The average Bonchev–Trinajstić information content (AvgIpc) is 2.94. The monoisotopic (exact) mass is 406 g/mol. The van der Waals surface area contributed by atoms with Crippen LogP contribution < -0.4 is 5.73 Å². The molecule has 1 fully saturated rings. The molecule has 0 saturated heterocycles. The second-order valence-electron chi connectivity index (χ2n) is 8.09. The Bertz CT molecular complexity index is 860. The second-order valence-corrected chi connectivity index (χ2v) is 8.09. The van der Waals surface area contributed by atoms with Crippen molar-refractivity contribution >= 4 is 5.91 Å². The first kappa shape index (κ1) is 21.5. The molecule has 0 radical (unpaired) electrons. The molecule has 1 aromatic heterocycles. The third-order valence-corrected chi connectivity index (χ3v) is 6.03. The van der Waals surface area contributed by atoms with Gasteiger partial charge in [-0.1, -0.05) is 44.7 Å². The molecule has 0 bridgehead atoms. The number of carbonyl (C=O) groups is 1. The molecule has 0 aliphatic heterocycles. The molecule has 158 valence electrons. The Labute approximate surface area is 170 Å². The van der Waals surface area contributed by atoms with E-state index in [1.807, 2.05) is 6.92 Å². The molecule has 3 rings (SSSR count). The van der Waals surface area contributed by atoms with Gasteiger partial charge in [0.15, 0.2) is 0 Å². The van der Waals surface area contributed by atoms with E-state index in [1.165, 1.54) is 44.2 Å². The summed E-state index contributed by atoms with van der Waals surface area (Å²) in [6, 6.07) is 5.05. The molecule has 1 heterocycles. The highest BCUT2D eigenvalue weighted by molar-refractivity contribution is 6.02. The third-order valence-electron chi connectivity index (χ3n) is 6.03. The first-order valence-electron chi connectivity index (χ1n) is 10.4. The summed E-state index contributed by atoms with van der Waals surface area (Å²) in [5, 5.41) is 0. The van der Waals surface area contributed by atoms with Crippen molar-refractivity contribution < 1.29 is 18.0 Å². The van der Waals surface area contributed by atoms with Crippen molar-refractivity contribution in [2.24, 2.45) is 11.7 Å². The van der Waals surface area contributed by atoms with E-state index in [1.54, 1.807) is 0 Å². The van der Waals surface area contributed by atoms with Crippen LogP contribution in [-0.2, 0) is 19.1 Å². The van der Waals surface area contributed by atoms with E-state index < -0.39 is 17.6 Å². The van der Waals surface area contributed by atoms with Gasteiger partial charge in [-0.05, 0) is 49.8 Å². The fourth-order valence-corrected chi connectivity index (χ4v) is 4.61. The van der Waals surface area contributed by atoms with E-state index in [-0.39, 0.29) is 0 Å². The molecule has 0 unspecified atom stereocenters. The predicted octanol–water partition coefficient (Wildman–Crippen LogP) is 6.11. The van der Waals surface area contributed by atoms with Crippen LogP contribution in [0, 0.1) is 12.8 Å². The number of carbonyl (C=O) groups excluding carboxylic acids is 1. The Hall–Kier alpha value is -2.24. The van der Waals surface area contributed by atoms with Crippen LogP contribution in [0.4, 0.5) is 13.2 Å². The van der Waals surface area contributed by atoms with Crippen molar-refractivity contribution in [3.05, 3.63) is 46.8 Å². The Morgan fingerprint density at radius 1 is 1.14 bits per heavy atom. The van der Waals surface area contributed by atoms with Crippen molar-refractivity contribution in [3.63, 3.8) is 0 Å². The first-order valence-corrected chi connectivity index (χ1v) is 10.4. The molecule has 2 aromatic rings. The number of amides is 1. The second kappa shape index (κ2) is 8.64. The van der Waals surface area contributed by atoms with Gasteiger partial charge in [0.05, 0.1) is 11.1 Å². The van der Waals surface area contributed by atoms with Crippen LogP contribution in [0.15, 0.2) is 24.3 Å². The molecule has 3 nitrogen and oxygen atoms in total. The summed E-state index contributed by atoms with van der Waals surface area (Å²) in [6.07, 6.45) is 3.30. The van der Waals surface area contributed by atoms with Crippen molar-refractivity contribution in [3.8, 4) is 11.1 Å². The van der Waals surface area contributed by atoms with E-state index in [0.29, 0.717) is 22.6 Å². The molecule has 2 N–H and O–H groups in total. The van der Waals surface area contributed by atoms with Gasteiger partial charge in [-0.25, -0.2) is 0 Å². The fraction of sp³-hybridized carbons (Fsp3) is 0.522. The van der Waals surface area contributed by atoms with Crippen LogP contribution >= 0.6 is 0 Å². The standard InChI is InChI=1S/C23H29F3N2O/c1-3-7-19-21(17-10-12-18(13-11-17)23(24,25)26)20(22(27)29)15(2)28(19)14-16-8-5-4-6-9-16/h10-13,16H,3-9,14H2,1-2H3,(H2,27,29). The molecule has 1 amide bonds. The van der Waals surface area contributed by atoms with Crippen LogP contribution in [0.2, 0.25) is 0 Å². The maximum atomic E-state index is 13.0. The van der Waals surface area contributed by atoms with Gasteiger partial charge in [0.2, 0.25) is 0 Å². The Morgan fingerprint density at radius 3 is 2.28 bits per heavy atom. The zero-order chi connectivity index (χ0) is 21.2. The number of alkyl halides is 3. The number of primary amides is 1. The van der Waals surface area contributed by atoms with E-state index >= 15 is 0 Å². The summed E-state index contributed by atoms with van der Waals surface area (Å²) in [7, 11) is 0. The van der Waals surface area contributed by atoms with Crippen LogP contribution in [0.5, 0.6) is 0 Å². The third kappa shape index (κ3) is 4.51. The van der Waals surface area contributed by atoms with Crippen molar-refractivity contribution in [1.29, 1.82) is 0 Å². The van der Waals surface area contributed by atoms with E-state index in [9.17, 15) is 18.0 Å². The van der Waals surface area contributed by atoms with E-state index in [0.717, 1.165) is 42.9 Å². The Balaban J connectivity index is 2.11. The molecule has 1 saturated carbocycles. The minimum Gasteiger partial charge on any atom is -0.366 e. The number of hydrogen-bond acceptors (Lipinski definition) is 1. The van der Waals surface area contributed by atoms with Gasteiger partial charge in [-0.15, -0.1) is 0 Å². The lowest BCUT2D eigenvalue weighted by Crippen LogP contribution is -2.18. The smallest absolute Gasteiger partial charge is 0.366 e. The van der Waals surface area contributed by atoms with Crippen LogP contribution in [-0.4, -0.2) is 10.5 Å². The summed E-state index contributed by atoms with van der Waals surface area (Å²) in [6.45, 7) is 4.80. The number of rotatable bonds is 6. The van der Waals surface area contributed by atoms with Crippen LogP contribution in [0.3, 0.4) is 0 Å². The highest BCUT2D eigenvalue weighted by Crippen LogP contribution is 2.37. The van der Waals surface area contributed by atoms with Crippen molar-refractivity contribution in [2.45, 2.75) is 71.5 Å². The van der Waals surface area contributed by atoms with Gasteiger partial charge in [0.25, 0.3) is 5.91 Å². The lowest BCUT2D eigenvalue weighted by atomic mass is 9.89. The maximum Gasteiger partial charge on any atom is 0.416 e. The van der Waals surface area contributed by atoms with Crippen LogP contribution in [0.1, 0.15) is 72.8 Å². The zero-order valence-corrected chi connectivity index (χ0v) is 17.1. The average molecular weight is 406 g/mol. The van der Waals surface area contributed by atoms with E-state index in [4.69, 9.17) is 5.73 Å². The number of hydrogen-bond donors (Lipinski definition) is 1. The topological polar surface area (TPSA) is 48.0 Å². The zero-order valence-electron chi connectivity index (χ0n) is 17.1. The Morgan fingerprint density at radius 2 is 1.76 bits per heavy atom. The molecular formula is C23H29F3N2O. The first-order chi connectivity index (χ1) is 13.7. The summed E-state index contributed by atoms with van der Waals surface area (Å²) in [4.78, 5) is 12.3. The molecule has 1 aliphatic carbocycles. The van der Waals surface area contributed by atoms with Gasteiger partial charge >= 0.3 is 6.18 Å². The minimum atomic E-state index is -4.39. The molecule has 1 aliphatic rings. The molecule has 0 atom stereocenters. The van der Waals surface area contributed by atoms with Crippen molar-refractivity contribution in [1.82, 2.24) is 4.57 Å². The van der Waals surface area contributed by atoms with Gasteiger partial charge in [0, 0.05) is 23.5 Å². The number of halogens is 3. The van der Waals surface area contributed by atoms with Crippen molar-refractivity contribution in [2.75, 3.05) is 0 Å². The lowest BCUT2D eigenvalue weighted by molar-refractivity contribution is -0.137. The molecule has 29 heavy (non-hydrogen) atoms. The normalized spacial score (nSPS) is 15.6. The van der Waals surface area contributed by atoms with Gasteiger partial charge in [-0.3, -0.25) is 4.79 Å². The van der Waals surface area contributed by atoms with Crippen LogP contribution in [0.25, 0.3) is 11.1 Å². The number of nitrogens with two attached hydrogens (primary N) is 1. The number of aromatic nitrogens is 1. The molecule has 0 spiro atoms. The molecule has 1 aromatic carbocycles. The lowest BCUT2D eigenvalue weighted by Gasteiger charge is -2.24. The van der Waals surface area contributed by atoms with Gasteiger partial charge < -0.3 is 10.3 Å². The predicted molar refractivity (Wildman–Crippen MR) is 109 cm³/mol. The number of nitrogens with zero attached hydrogens (tertiary/aromatic N) is 1. The molecule has 6 heteroatoms. The fourth-order valence-electron chi connectivity index (χ4n) is 4.61. The highest BCUT2D eigenvalue weighted by Gasteiger charge is 2.31. The van der Waals surface area contributed by atoms with E-state index in [2.05, 4.69) is 11.5 Å². The SMILES string of the molecule is CCCc1c(-c2ccc(C(F)(F)F)cc2)c(C(N)=O)c(C)n1CC1CCCCC1. The summed E-state index contributed by atoms with van der Waals surface area (Å²) in [5.41, 5.74) is 8.60. The van der Waals surface area contributed by atoms with Gasteiger partial charge in [-0.2, -0.15) is 13.2 Å². The summed E-state index contributed by atoms with van der Waals surface area (Å²) < 4.78 is 41.1. The summed E-state index contributed by atoms with van der Waals surface area (Å²) >= 11 is 0. The quantitative estimate of drug-likeness (QED) is 0.618. The molecular weight excluding hydrogens is 377 g/mol. The number of benzene rings is 1. The van der Waals surface area contributed by atoms with Gasteiger partial charge in [0.1, 0.15) is 0 Å². The summed E-state index contributed by atoms with van der Waals surface area (Å²) in [5.74, 6) is 0.0313. The maximum absolute atomic E-state index is 13.0.